The van der Waals surface area contributed by atoms with Gasteiger partial charge in [0.15, 0.2) is 5.96 Å². The average molecular weight is 220 g/mol. The first kappa shape index (κ1) is 13.0. The number of hydrogen-bond donors (Lipinski definition) is 2. The van der Waals surface area contributed by atoms with E-state index in [1.54, 1.807) is 0 Å². The molecule has 6 heteroatoms. The summed E-state index contributed by atoms with van der Waals surface area (Å²) >= 11 is 0. The van der Waals surface area contributed by atoms with Gasteiger partial charge in [0.2, 0.25) is 0 Å². The Labute approximate surface area is 90.6 Å². The number of halogens is 1. The van der Waals surface area contributed by atoms with Gasteiger partial charge in [-0.25, -0.2) is 4.99 Å². The molecule has 1 heterocycles. The Morgan fingerprint density at radius 2 is 1.71 bits per heavy atom. The van der Waals surface area contributed by atoms with Crippen LogP contribution in [0.15, 0.2) is 10.1 Å². The molecule has 1 fully saturated rings. The van der Waals surface area contributed by atoms with E-state index in [9.17, 15) is 0 Å². The molecule has 1 rings (SSSR count). The van der Waals surface area contributed by atoms with Crippen molar-refractivity contribution in [2.24, 2.45) is 21.7 Å². The van der Waals surface area contributed by atoms with Gasteiger partial charge in [0.05, 0.1) is 0 Å². The molecule has 0 atom stereocenters. The lowest BCUT2D eigenvalue weighted by atomic mass is 10.2. The summed E-state index contributed by atoms with van der Waals surface area (Å²) in [5.74, 6) is 5.45. The van der Waals surface area contributed by atoms with Gasteiger partial charge in [0.1, 0.15) is 6.34 Å². The predicted octanol–water partition coefficient (Wildman–Crippen LogP) is 0.501. The van der Waals surface area contributed by atoms with Gasteiger partial charge in [0.25, 0.3) is 0 Å². The van der Waals surface area contributed by atoms with Crippen molar-refractivity contribution in [3.63, 3.8) is 0 Å². The molecule has 0 aromatic rings. The lowest BCUT2D eigenvalue weighted by molar-refractivity contribution is 0.431. The summed E-state index contributed by atoms with van der Waals surface area (Å²) in [6, 6.07) is 0. The van der Waals surface area contributed by atoms with Gasteiger partial charge < -0.3 is 16.5 Å². The number of rotatable bonds is 1. The van der Waals surface area contributed by atoms with E-state index in [0.29, 0.717) is 5.96 Å². The highest BCUT2D eigenvalue weighted by molar-refractivity contribution is 5.85. The molecular formula is C8H18ClN5. The van der Waals surface area contributed by atoms with Gasteiger partial charge in [-0.3, -0.25) is 0 Å². The van der Waals surface area contributed by atoms with Crippen molar-refractivity contribution in [1.29, 1.82) is 0 Å². The zero-order chi connectivity index (χ0) is 9.52. The minimum Gasteiger partial charge on any atom is -0.369 e. The summed E-state index contributed by atoms with van der Waals surface area (Å²) in [5, 5.41) is 3.27. The van der Waals surface area contributed by atoms with Crippen molar-refractivity contribution >= 4 is 24.7 Å². The second-order valence-corrected chi connectivity index (χ2v) is 3.15. The predicted molar refractivity (Wildman–Crippen MR) is 61.6 cm³/mol. The van der Waals surface area contributed by atoms with Crippen LogP contribution in [0.5, 0.6) is 0 Å². The van der Waals surface area contributed by atoms with Crippen LogP contribution in [0.3, 0.4) is 0 Å². The van der Waals surface area contributed by atoms with E-state index in [2.05, 4.69) is 15.0 Å². The lowest BCUT2D eigenvalue weighted by Gasteiger charge is -2.20. The Hall–Kier alpha value is -0.970. The molecule has 5 nitrogen and oxygen atoms in total. The van der Waals surface area contributed by atoms with Crippen molar-refractivity contribution in [3.8, 4) is 0 Å². The number of nitrogens with zero attached hydrogens (tertiary/aromatic N) is 3. The number of aliphatic imine (C=N–C) groups is 1. The summed E-state index contributed by atoms with van der Waals surface area (Å²) in [4.78, 5) is 5.99. The van der Waals surface area contributed by atoms with Crippen LogP contribution in [0.25, 0.3) is 0 Å². The fraction of sp³-hybridized carbons (Fsp3) is 0.750. The molecule has 0 bridgehead atoms. The molecular weight excluding hydrogens is 202 g/mol. The SMILES string of the molecule is Cl.N/N=C/N=C(N)N1CCCCCC1. The number of hydrogen-bond acceptors (Lipinski definition) is 2. The van der Waals surface area contributed by atoms with Gasteiger partial charge in [-0.2, -0.15) is 5.10 Å². The number of likely N-dealkylation sites (tertiary alicyclic amines) is 1. The molecule has 0 aromatic heterocycles. The number of guanidine groups is 1. The summed E-state index contributed by atoms with van der Waals surface area (Å²) in [7, 11) is 0. The maximum Gasteiger partial charge on any atom is 0.197 e. The highest BCUT2D eigenvalue weighted by Crippen LogP contribution is 2.08. The maximum absolute atomic E-state index is 5.73. The smallest absolute Gasteiger partial charge is 0.197 e. The molecule has 0 saturated carbocycles. The molecule has 0 aromatic carbocycles. The topological polar surface area (TPSA) is 80.0 Å². The molecule has 14 heavy (non-hydrogen) atoms. The third-order valence-electron chi connectivity index (χ3n) is 2.19. The first-order valence-electron chi connectivity index (χ1n) is 4.64. The zero-order valence-corrected chi connectivity index (χ0v) is 9.04. The quantitative estimate of drug-likeness (QED) is 0.292. The highest BCUT2D eigenvalue weighted by Gasteiger charge is 2.09. The van der Waals surface area contributed by atoms with Gasteiger partial charge in [-0.1, -0.05) is 12.8 Å². The standard InChI is InChI=1S/C8H17N5.ClH/c9-8(11-7-12-10)13-5-3-1-2-4-6-13;/h7H,1-6,10H2,(H2,9,11,12);1H. The van der Waals surface area contributed by atoms with E-state index in [4.69, 9.17) is 11.6 Å². The Kier molecular flexibility index (Phi) is 6.92. The van der Waals surface area contributed by atoms with Gasteiger partial charge in [-0.15, -0.1) is 12.4 Å². The molecule has 4 N–H and O–H groups in total. The molecule has 0 radical (unpaired) electrons. The minimum atomic E-state index is 0. The fourth-order valence-electron chi connectivity index (χ4n) is 1.47. The Bertz CT molecular complexity index is 196. The Morgan fingerprint density at radius 1 is 1.14 bits per heavy atom. The van der Waals surface area contributed by atoms with E-state index in [-0.39, 0.29) is 12.4 Å². The first-order chi connectivity index (χ1) is 6.34. The van der Waals surface area contributed by atoms with Gasteiger partial charge in [-0.05, 0) is 12.8 Å². The molecule has 0 spiro atoms. The average Bonchev–Trinajstić information content (AvgIpc) is 2.42. The van der Waals surface area contributed by atoms with Crippen molar-refractivity contribution in [1.82, 2.24) is 4.90 Å². The van der Waals surface area contributed by atoms with Crippen LogP contribution < -0.4 is 11.6 Å². The van der Waals surface area contributed by atoms with Gasteiger partial charge in [0, 0.05) is 13.1 Å². The molecule has 1 aliphatic heterocycles. The van der Waals surface area contributed by atoms with Crippen LogP contribution in [-0.4, -0.2) is 30.3 Å². The third kappa shape index (κ3) is 4.32. The van der Waals surface area contributed by atoms with Crippen molar-refractivity contribution in [2.45, 2.75) is 25.7 Å². The van der Waals surface area contributed by atoms with E-state index < -0.39 is 0 Å². The van der Waals surface area contributed by atoms with Crippen molar-refractivity contribution in [3.05, 3.63) is 0 Å². The monoisotopic (exact) mass is 219 g/mol. The Morgan fingerprint density at radius 3 is 2.21 bits per heavy atom. The first-order valence-corrected chi connectivity index (χ1v) is 4.64. The second-order valence-electron chi connectivity index (χ2n) is 3.15. The molecule has 1 aliphatic rings. The van der Waals surface area contributed by atoms with Gasteiger partial charge >= 0.3 is 0 Å². The largest absolute Gasteiger partial charge is 0.369 e. The summed E-state index contributed by atoms with van der Waals surface area (Å²) in [6.45, 7) is 1.99. The molecule has 0 amide bonds. The van der Waals surface area contributed by atoms with Crippen LogP contribution in [-0.2, 0) is 0 Å². The van der Waals surface area contributed by atoms with Crippen LogP contribution in [0.1, 0.15) is 25.7 Å². The number of hydrazone groups is 1. The highest BCUT2D eigenvalue weighted by atomic mass is 35.5. The van der Waals surface area contributed by atoms with E-state index in [0.717, 1.165) is 13.1 Å². The van der Waals surface area contributed by atoms with E-state index in [1.807, 2.05) is 0 Å². The summed E-state index contributed by atoms with van der Waals surface area (Å²) < 4.78 is 0. The Balaban J connectivity index is 0.00000169. The zero-order valence-electron chi connectivity index (χ0n) is 8.22. The van der Waals surface area contributed by atoms with Crippen molar-refractivity contribution in [2.75, 3.05) is 13.1 Å². The van der Waals surface area contributed by atoms with Crippen LogP contribution >= 0.6 is 12.4 Å². The van der Waals surface area contributed by atoms with Crippen LogP contribution in [0, 0.1) is 0 Å². The fourth-order valence-corrected chi connectivity index (χ4v) is 1.47. The van der Waals surface area contributed by atoms with Crippen LogP contribution in [0.2, 0.25) is 0 Å². The van der Waals surface area contributed by atoms with Crippen LogP contribution in [0.4, 0.5) is 0 Å². The van der Waals surface area contributed by atoms with Crippen molar-refractivity contribution < 1.29 is 0 Å². The minimum absolute atomic E-state index is 0. The van der Waals surface area contributed by atoms with E-state index >= 15 is 0 Å². The molecule has 1 saturated heterocycles. The third-order valence-corrected chi connectivity index (χ3v) is 2.19. The maximum atomic E-state index is 5.73. The molecule has 0 unspecified atom stereocenters. The van der Waals surface area contributed by atoms with E-state index in [1.165, 1.54) is 32.0 Å². The molecule has 82 valence electrons. The normalized spacial score (nSPS) is 19.1. The summed E-state index contributed by atoms with van der Waals surface area (Å²) in [6.07, 6.45) is 6.23. The molecule has 0 aliphatic carbocycles. The lowest BCUT2D eigenvalue weighted by Crippen LogP contribution is -2.38. The summed E-state index contributed by atoms with van der Waals surface area (Å²) in [5.41, 5.74) is 5.73. The number of nitrogens with two attached hydrogens (primary N) is 2. The second kappa shape index (κ2) is 7.44.